The smallest absolute Gasteiger partial charge is 0.290 e. The predicted octanol–water partition coefficient (Wildman–Crippen LogP) is 4.13. The summed E-state index contributed by atoms with van der Waals surface area (Å²) in [7, 11) is 0. The van der Waals surface area contributed by atoms with E-state index in [1.807, 2.05) is 49.4 Å². The number of rotatable bonds is 9. The van der Waals surface area contributed by atoms with Crippen LogP contribution in [0.15, 0.2) is 70.3 Å². The van der Waals surface area contributed by atoms with E-state index in [1.165, 1.54) is 0 Å². The van der Waals surface area contributed by atoms with E-state index in [-0.39, 0.29) is 11.3 Å². The maximum absolute atomic E-state index is 13.7. The van der Waals surface area contributed by atoms with Crippen LogP contribution >= 0.6 is 0 Å². The van der Waals surface area contributed by atoms with Crippen molar-refractivity contribution in [1.82, 2.24) is 9.80 Å². The number of carbonyl (C=O) groups excluding carboxylic acids is 2. The number of amides is 1. The molecule has 36 heavy (non-hydrogen) atoms. The highest BCUT2D eigenvalue weighted by molar-refractivity contribution is 6.16. The van der Waals surface area contributed by atoms with Gasteiger partial charge in [-0.15, -0.1) is 0 Å². The minimum Gasteiger partial charge on any atom is -0.503 e. The number of carbonyl (C=O) groups is 2. The summed E-state index contributed by atoms with van der Waals surface area (Å²) in [5.41, 5.74) is 1.33. The number of ketones is 1. The number of furan rings is 1. The van der Waals surface area contributed by atoms with Gasteiger partial charge in [0.1, 0.15) is 11.3 Å². The van der Waals surface area contributed by atoms with Crippen molar-refractivity contribution in [1.29, 1.82) is 0 Å². The van der Waals surface area contributed by atoms with Gasteiger partial charge in [-0.05, 0) is 43.2 Å². The van der Waals surface area contributed by atoms with Gasteiger partial charge >= 0.3 is 0 Å². The van der Waals surface area contributed by atoms with Gasteiger partial charge in [0.15, 0.2) is 11.5 Å². The third kappa shape index (κ3) is 4.74. The summed E-state index contributed by atoms with van der Waals surface area (Å²) in [6, 6.07) is 15.5. The highest BCUT2D eigenvalue weighted by Gasteiger charge is 2.44. The molecule has 1 amide bonds. The van der Waals surface area contributed by atoms with Crippen LogP contribution in [0.5, 0.6) is 5.75 Å². The van der Waals surface area contributed by atoms with Gasteiger partial charge in [0, 0.05) is 31.6 Å². The topological polar surface area (TPSA) is 92.5 Å². The highest BCUT2D eigenvalue weighted by atomic mass is 16.5. The molecule has 5 rings (SSSR count). The molecule has 1 aromatic heterocycles. The fraction of sp³-hybridized carbons (Fsp3) is 0.357. The molecule has 0 aliphatic carbocycles. The van der Waals surface area contributed by atoms with Crippen LogP contribution in [0.4, 0.5) is 0 Å². The molecular formula is C28H30N2O6. The second kappa shape index (κ2) is 10.6. The van der Waals surface area contributed by atoms with E-state index >= 15 is 0 Å². The highest BCUT2D eigenvalue weighted by Crippen LogP contribution is 2.40. The standard InChI is InChI=1S/C28H30N2O6/c1-2-35-21-10-8-19(9-11-21)25-24(26(31)23-18-20-6-3-4-7-22(20)36-23)27(32)28(33)30(25)13-5-12-29-14-16-34-17-15-29/h3-4,6-11,18,25,32H,2,5,12-17H2,1H3/t25-/m0/s1. The minimum absolute atomic E-state index is 0.0367. The average Bonchev–Trinajstić information content (AvgIpc) is 3.45. The summed E-state index contributed by atoms with van der Waals surface area (Å²) in [5, 5.41) is 11.7. The van der Waals surface area contributed by atoms with E-state index in [9.17, 15) is 14.7 Å². The molecule has 1 fully saturated rings. The molecule has 0 radical (unpaired) electrons. The zero-order valence-electron chi connectivity index (χ0n) is 20.3. The Morgan fingerprint density at radius 3 is 2.56 bits per heavy atom. The lowest BCUT2D eigenvalue weighted by atomic mass is 9.95. The summed E-state index contributed by atoms with van der Waals surface area (Å²) < 4.78 is 16.8. The van der Waals surface area contributed by atoms with Crippen molar-refractivity contribution in [3.8, 4) is 5.75 Å². The molecule has 1 saturated heterocycles. The molecule has 3 heterocycles. The van der Waals surface area contributed by atoms with Crippen LogP contribution < -0.4 is 4.74 Å². The molecule has 0 unspecified atom stereocenters. The summed E-state index contributed by atoms with van der Waals surface area (Å²) in [6.45, 7) is 6.76. The molecule has 2 aliphatic rings. The zero-order chi connectivity index (χ0) is 25.1. The summed E-state index contributed by atoms with van der Waals surface area (Å²) in [6.07, 6.45) is 0.707. The minimum atomic E-state index is -0.724. The van der Waals surface area contributed by atoms with Gasteiger partial charge in [-0.25, -0.2) is 0 Å². The van der Waals surface area contributed by atoms with Gasteiger partial charge < -0.3 is 23.9 Å². The lowest BCUT2D eigenvalue weighted by Gasteiger charge is -2.30. The Labute approximate surface area is 209 Å². The van der Waals surface area contributed by atoms with Crippen molar-refractivity contribution in [2.45, 2.75) is 19.4 Å². The largest absolute Gasteiger partial charge is 0.503 e. The van der Waals surface area contributed by atoms with Gasteiger partial charge in [-0.1, -0.05) is 30.3 Å². The third-order valence-corrected chi connectivity index (χ3v) is 6.68. The van der Waals surface area contributed by atoms with Crippen LogP contribution in [0, 0.1) is 0 Å². The maximum Gasteiger partial charge on any atom is 0.290 e. The third-order valence-electron chi connectivity index (χ3n) is 6.68. The number of aliphatic hydroxyl groups is 1. The average molecular weight is 491 g/mol. The molecule has 8 nitrogen and oxygen atoms in total. The molecule has 0 bridgehead atoms. The number of aliphatic hydroxyl groups excluding tert-OH is 1. The zero-order valence-corrected chi connectivity index (χ0v) is 20.3. The Kier molecular flexibility index (Phi) is 7.06. The van der Waals surface area contributed by atoms with E-state index in [1.54, 1.807) is 17.0 Å². The molecule has 1 N–H and O–H groups in total. The summed E-state index contributed by atoms with van der Waals surface area (Å²) in [5.74, 6) is -0.771. The fourth-order valence-electron chi connectivity index (χ4n) is 4.89. The maximum atomic E-state index is 13.7. The second-order valence-electron chi connectivity index (χ2n) is 8.95. The second-order valence-corrected chi connectivity index (χ2v) is 8.95. The first-order valence-corrected chi connectivity index (χ1v) is 12.4. The number of Topliss-reactive ketones (excluding diaryl/α,β-unsaturated/α-hetero) is 1. The number of ether oxygens (including phenoxy) is 2. The predicted molar refractivity (Wildman–Crippen MR) is 134 cm³/mol. The van der Waals surface area contributed by atoms with Crippen molar-refractivity contribution in [3.63, 3.8) is 0 Å². The first kappa shape index (κ1) is 24.1. The van der Waals surface area contributed by atoms with Gasteiger partial charge in [0.2, 0.25) is 5.78 Å². The van der Waals surface area contributed by atoms with E-state index in [0.717, 1.165) is 30.6 Å². The molecule has 2 aromatic carbocycles. The van der Waals surface area contributed by atoms with Crippen molar-refractivity contribution < 1.29 is 28.6 Å². The first-order chi connectivity index (χ1) is 17.6. The monoisotopic (exact) mass is 490 g/mol. The molecule has 2 aliphatic heterocycles. The van der Waals surface area contributed by atoms with E-state index in [4.69, 9.17) is 13.9 Å². The summed E-state index contributed by atoms with van der Waals surface area (Å²) in [4.78, 5) is 30.8. The van der Waals surface area contributed by atoms with Crippen LogP contribution in [0.2, 0.25) is 0 Å². The van der Waals surface area contributed by atoms with Crippen LogP contribution in [-0.2, 0) is 9.53 Å². The number of benzene rings is 2. The van der Waals surface area contributed by atoms with Crippen LogP contribution in [0.3, 0.4) is 0 Å². The van der Waals surface area contributed by atoms with Gasteiger partial charge in [-0.2, -0.15) is 0 Å². The van der Waals surface area contributed by atoms with E-state index < -0.39 is 23.5 Å². The van der Waals surface area contributed by atoms with Crippen LogP contribution in [-0.4, -0.2) is 72.6 Å². The van der Waals surface area contributed by atoms with Crippen molar-refractivity contribution in [3.05, 3.63) is 77.3 Å². The molecule has 3 aromatic rings. The first-order valence-electron chi connectivity index (χ1n) is 12.4. The Balaban J connectivity index is 1.45. The molecule has 8 heteroatoms. The quantitative estimate of drug-likeness (QED) is 0.451. The van der Waals surface area contributed by atoms with Crippen molar-refractivity contribution in [2.75, 3.05) is 46.0 Å². The number of nitrogens with zero attached hydrogens (tertiary/aromatic N) is 2. The Morgan fingerprint density at radius 2 is 1.83 bits per heavy atom. The molecule has 0 saturated carbocycles. The van der Waals surface area contributed by atoms with Gasteiger partial charge in [0.05, 0.1) is 31.4 Å². The molecule has 0 spiro atoms. The Bertz CT molecular complexity index is 1240. The summed E-state index contributed by atoms with van der Waals surface area (Å²) >= 11 is 0. The fourth-order valence-corrected chi connectivity index (χ4v) is 4.89. The Morgan fingerprint density at radius 1 is 1.08 bits per heavy atom. The Hall–Kier alpha value is -3.62. The number of hydrogen-bond acceptors (Lipinski definition) is 7. The number of morpholine rings is 1. The molecule has 188 valence electrons. The number of hydrogen-bond donors (Lipinski definition) is 1. The van der Waals surface area contributed by atoms with Crippen molar-refractivity contribution >= 4 is 22.7 Å². The number of para-hydroxylation sites is 1. The molecular weight excluding hydrogens is 460 g/mol. The van der Waals surface area contributed by atoms with Gasteiger partial charge in [0.25, 0.3) is 5.91 Å². The van der Waals surface area contributed by atoms with E-state index in [0.29, 0.717) is 44.1 Å². The van der Waals surface area contributed by atoms with E-state index in [2.05, 4.69) is 4.90 Å². The molecule has 1 atom stereocenters. The lowest BCUT2D eigenvalue weighted by Crippen LogP contribution is -2.39. The normalized spacial score (nSPS) is 18.9. The van der Waals surface area contributed by atoms with Crippen LogP contribution in [0.1, 0.15) is 35.5 Å². The van der Waals surface area contributed by atoms with Crippen molar-refractivity contribution in [2.24, 2.45) is 0 Å². The number of fused-ring (bicyclic) bond motifs is 1. The SMILES string of the molecule is CCOc1ccc([C@H]2C(C(=O)c3cc4ccccc4o3)=C(O)C(=O)N2CCCN2CCOCC2)cc1. The lowest BCUT2D eigenvalue weighted by molar-refractivity contribution is -0.129. The van der Waals surface area contributed by atoms with Crippen LogP contribution in [0.25, 0.3) is 11.0 Å². The van der Waals surface area contributed by atoms with Gasteiger partial charge in [-0.3, -0.25) is 14.5 Å².